The molecule has 0 unspecified atom stereocenters. The van der Waals surface area contributed by atoms with E-state index in [1.165, 1.54) is 0 Å². The summed E-state index contributed by atoms with van der Waals surface area (Å²) >= 11 is 6.02. The van der Waals surface area contributed by atoms with Gasteiger partial charge in [-0.25, -0.2) is 0 Å². The number of hydrogen-bond acceptors (Lipinski definition) is 4. The summed E-state index contributed by atoms with van der Waals surface area (Å²) in [6, 6.07) is 3.54. The second-order valence-corrected chi connectivity index (χ2v) is 4.67. The summed E-state index contributed by atoms with van der Waals surface area (Å²) in [5.41, 5.74) is 2.86. The van der Waals surface area contributed by atoms with E-state index in [1.807, 2.05) is 13.8 Å². The van der Waals surface area contributed by atoms with E-state index in [0.717, 1.165) is 17.0 Å². The van der Waals surface area contributed by atoms with Crippen LogP contribution in [0.25, 0.3) is 0 Å². The van der Waals surface area contributed by atoms with Crippen molar-refractivity contribution in [3.05, 3.63) is 52.1 Å². The first kappa shape index (κ1) is 13.6. The van der Waals surface area contributed by atoms with Gasteiger partial charge in [-0.1, -0.05) is 18.5 Å². The number of pyridine rings is 1. The minimum atomic E-state index is 0.00273. The summed E-state index contributed by atoms with van der Waals surface area (Å²) in [6.07, 6.45) is 4.10. The molecule has 0 saturated heterocycles. The lowest BCUT2D eigenvalue weighted by Crippen LogP contribution is -2.10. The Bertz CT molecular complexity index is 613. The standard InChI is InChI=1S/C14H14ClN3O/c1-3-13-11(6-9(2)17-18-13)14(19)7-10-4-5-16-8-12(10)15/h4-6,8H,3,7H2,1-2H3. The Hall–Kier alpha value is -1.81. The normalized spacial score (nSPS) is 10.5. The molecule has 0 radical (unpaired) electrons. The minimum absolute atomic E-state index is 0.00273. The molecule has 19 heavy (non-hydrogen) atoms. The van der Waals surface area contributed by atoms with Gasteiger partial charge in [-0.15, -0.1) is 0 Å². The number of halogens is 1. The molecule has 0 aliphatic heterocycles. The van der Waals surface area contributed by atoms with Gasteiger partial charge >= 0.3 is 0 Å². The molecule has 2 aromatic heterocycles. The lowest BCUT2D eigenvalue weighted by atomic mass is 10.0. The predicted octanol–water partition coefficient (Wildman–Crippen LogP) is 2.82. The minimum Gasteiger partial charge on any atom is -0.294 e. The first-order valence-electron chi connectivity index (χ1n) is 6.06. The lowest BCUT2D eigenvalue weighted by Gasteiger charge is -2.07. The lowest BCUT2D eigenvalue weighted by molar-refractivity contribution is 0.0991. The van der Waals surface area contributed by atoms with Crippen molar-refractivity contribution in [2.45, 2.75) is 26.7 Å². The van der Waals surface area contributed by atoms with E-state index in [-0.39, 0.29) is 12.2 Å². The molecule has 4 nitrogen and oxygen atoms in total. The molecule has 0 N–H and O–H groups in total. The molecule has 2 heterocycles. The zero-order valence-corrected chi connectivity index (χ0v) is 11.6. The fourth-order valence-corrected chi connectivity index (χ4v) is 2.02. The van der Waals surface area contributed by atoms with Crippen LogP contribution >= 0.6 is 11.6 Å². The van der Waals surface area contributed by atoms with E-state index in [9.17, 15) is 4.79 Å². The van der Waals surface area contributed by atoms with E-state index in [4.69, 9.17) is 11.6 Å². The second kappa shape index (κ2) is 5.89. The van der Waals surface area contributed by atoms with Crippen molar-refractivity contribution in [2.24, 2.45) is 0 Å². The van der Waals surface area contributed by atoms with E-state index >= 15 is 0 Å². The van der Waals surface area contributed by atoms with Gasteiger partial charge in [0, 0.05) is 24.4 Å². The fourth-order valence-electron chi connectivity index (χ4n) is 1.83. The number of nitrogens with zero attached hydrogens (tertiary/aromatic N) is 3. The van der Waals surface area contributed by atoms with Crippen molar-refractivity contribution in [2.75, 3.05) is 0 Å². The molecule has 0 aliphatic rings. The zero-order chi connectivity index (χ0) is 13.8. The summed E-state index contributed by atoms with van der Waals surface area (Å²) in [5, 5.41) is 8.55. The Morgan fingerprint density at radius 1 is 1.37 bits per heavy atom. The van der Waals surface area contributed by atoms with E-state index in [2.05, 4.69) is 15.2 Å². The van der Waals surface area contributed by atoms with Gasteiger partial charge in [0.1, 0.15) is 0 Å². The van der Waals surface area contributed by atoms with Crippen LogP contribution < -0.4 is 0 Å². The van der Waals surface area contributed by atoms with Crippen LogP contribution in [0.2, 0.25) is 5.02 Å². The molecule has 0 spiro atoms. The van der Waals surface area contributed by atoms with Crippen LogP contribution in [-0.2, 0) is 12.8 Å². The molecule has 0 aromatic carbocycles. The molecule has 0 saturated carbocycles. The SMILES string of the molecule is CCc1nnc(C)cc1C(=O)Cc1ccncc1Cl. The number of hydrogen-bond donors (Lipinski definition) is 0. The van der Waals surface area contributed by atoms with Gasteiger partial charge in [0.25, 0.3) is 0 Å². The van der Waals surface area contributed by atoms with Crippen LogP contribution in [0.4, 0.5) is 0 Å². The summed E-state index contributed by atoms with van der Waals surface area (Å²) in [7, 11) is 0. The molecular weight excluding hydrogens is 262 g/mol. The monoisotopic (exact) mass is 275 g/mol. The molecule has 98 valence electrons. The van der Waals surface area contributed by atoms with Crippen LogP contribution in [0, 0.1) is 6.92 Å². The maximum absolute atomic E-state index is 12.4. The maximum atomic E-state index is 12.4. The fraction of sp³-hybridized carbons (Fsp3) is 0.286. The van der Waals surface area contributed by atoms with Gasteiger partial charge in [-0.3, -0.25) is 9.78 Å². The molecule has 0 amide bonds. The highest BCUT2D eigenvalue weighted by molar-refractivity contribution is 6.31. The highest BCUT2D eigenvalue weighted by Gasteiger charge is 2.14. The Balaban J connectivity index is 2.30. The van der Waals surface area contributed by atoms with Gasteiger partial charge in [0.2, 0.25) is 0 Å². The Morgan fingerprint density at radius 3 is 2.84 bits per heavy atom. The van der Waals surface area contributed by atoms with Crippen molar-refractivity contribution in [3.63, 3.8) is 0 Å². The van der Waals surface area contributed by atoms with Crippen LogP contribution in [0.5, 0.6) is 0 Å². The van der Waals surface area contributed by atoms with E-state index in [0.29, 0.717) is 17.0 Å². The molecule has 0 aliphatic carbocycles. The van der Waals surface area contributed by atoms with Crippen molar-refractivity contribution in [3.8, 4) is 0 Å². The second-order valence-electron chi connectivity index (χ2n) is 4.27. The summed E-state index contributed by atoms with van der Waals surface area (Å²) in [6.45, 7) is 3.78. The Morgan fingerprint density at radius 2 is 2.16 bits per heavy atom. The number of ketones is 1. The third-order valence-electron chi connectivity index (χ3n) is 2.84. The Kier molecular flexibility index (Phi) is 4.22. The number of carbonyl (C=O) groups excluding carboxylic acids is 1. The smallest absolute Gasteiger partial charge is 0.169 e. The van der Waals surface area contributed by atoms with Gasteiger partial charge < -0.3 is 0 Å². The third kappa shape index (κ3) is 3.15. The molecular formula is C14H14ClN3O. The van der Waals surface area contributed by atoms with Crippen molar-refractivity contribution in [1.82, 2.24) is 15.2 Å². The number of Topliss-reactive ketones (excluding diaryl/α,β-unsaturated/α-hetero) is 1. The average Bonchev–Trinajstić information content (AvgIpc) is 2.41. The summed E-state index contributed by atoms with van der Waals surface area (Å²) in [5.74, 6) is 0.00273. The van der Waals surface area contributed by atoms with Crippen molar-refractivity contribution in [1.29, 1.82) is 0 Å². The van der Waals surface area contributed by atoms with Gasteiger partial charge in [-0.2, -0.15) is 10.2 Å². The molecule has 0 atom stereocenters. The summed E-state index contributed by atoms with van der Waals surface area (Å²) in [4.78, 5) is 16.3. The van der Waals surface area contributed by atoms with Gasteiger partial charge in [-0.05, 0) is 31.0 Å². The van der Waals surface area contributed by atoms with Crippen molar-refractivity contribution >= 4 is 17.4 Å². The third-order valence-corrected chi connectivity index (χ3v) is 3.18. The highest BCUT2D eigenvalue weighted by Crippen LogP contribution is 2.17. The van der Waals surface area contributed by atoms with Crippen molar-refractivity contribution < 1.29 is 4.79 Å². The largest absolute Gasteiger partial charge is 0.294 e. The number of aromatic nitrogens is 3. The van der Waals surface area contributed by atoms with Crippen LogP contribution in [0.1, 0.15) is 34.2 Å². The number of rotatable bonds is 4. The van der Waals surface area contributed by atoms with E-state index < -0.39 is 0 Å². The molecule has 5 heteroatoms. The average molecular weight is 276 g/mol. The molecule has 2 rings (SSSR count). The van der Waals surface area contributed by atoms with Crippen LogP contribution in [-0.4, -0.2) is 21.0 Å². The topological polar surface area (TPSA) is 55.7 Å². The zero-order valence-electron chi connectivity index (χ0n) is 10.9. The van der Waals surface area contributed by atoms with Gasteiger partial charge in [0.15, 0.2) is 5.78 Å². The Labute approximate surface area is 116 Å². The highest BCUT2D eigenvalue weighted by atomic mass is 35.5. The number of carbonyl (C=O) groups is 1. The first-order chi connectivity index (χ1) is 9.11. The summed E-state index contributed by atoms with van der Waals surface area (Å²) < 4.78 is 0. The van der Waals surface area contributed by atoms with E-state index in [1.54, 1.807) is 24.5 Å². The number of aryl methyl sites for hydroxylation is 2. The quantitative estimate of drug-likeness (QED) is 0.805. The maximum Gasteiger partial charge on any atom is 0.169 e. The van der Waals surface area contributed by atoms with Gasteiger partial charge in [0.05, 0.1) is 16.4 Å². The molecule has 0 bridgehead atoms. The molecule has 2 aromatic rings. The van der Waals surface area contributed by atoms with Crippen LogP contribution in [0.15, 0.2) is 24.5 Å². The van der Waals surface area contributed by atoms with Crippen LogP contribution in [0.3, 0.4) is 0 Å². The predicted molar refractivity (Wildman–Crippen MR) is 73.4 cm³/mol. The first-order valence-corrected chi connectivity index (χ1v) is 6.44. The molecule has 0 fully saturated rings.